The summed E-state index contributed by atoms with van der Waals surface area (Å²) in [5, 5.41) is 5.15. The van der Waals surface area contributed by atoms with E-state index in [2.05, 4.69) is 179 Å². The highest BCUT2D eigenvalue weighted by molar-refractivity contribution is 6.25. The van der Waals surface area contributed by atoms with Gasteiger partial charge in [0.05, 0.1) is 33.1 Å². The molecule has 0 amide bonds. The van der Waals surface area contributed by atoms with Crippen LogP contribution in [0.2, 0.25) is 0 Å². The Morgan fingerprint density at radius 3 is 1.69 bits per heavy atom. The van der Waals surface area contributed by atoms with Gasteiger partial charge in [0.1, 0.15) is 0 Å². The summed E-state index contributed by atoms with van der Waals surface area (Å²) in [6.45, 7) is 4.69. The molecule has 3 nitrogen and oxygen atoms in total. The number of anilines is 3. The van der Waals surface area contributed by atoms with Gasteiger partial charge < -0.3 is 13.7 Å². The minimum atomic E-state index is -0.0348. The Labute approximate surface area is 277 Å². The van der Waals surface area contributed by atoms with E-state index in [4.69, 9.17) is 0 Å². The zero-order chi connectivity index (χ0) is 31.7. The van der Waals surface area contributed by atoms with Crippen molar-refractivity contribution in [2.45, 2.75) is 19.3 Å². The first-order valence-electron chi connectivity index (χ1n) is 16.8. The van der Waals surface area contributed by atoms with Gasteiger partial charge in [-0.2, -0.15) is 0 Å². The van der Waals surface area contributed by atoms with Crippen LogP contribution in [0, 0.1) is 0 Å². The van der Waals surface area contributed by atoms with E-state index in [0.717, 1.165) is 17.1 Å². The highest BCUT2D eigenvalue weighted by Gasteiger charge is 2.35. The fraction of sp³-hybridized carbons (Fsp3) is 0.0667. The molecule has 0 bridgehead atoms. The fourth-order valence-corrected chi connectivity index (χ4v) is 8.89. The summed E-state index contributed by atoms with van der Waals surface area (Å²) in [5.41, 5.74) is 16.2. The molecule has 3 aromatic heterocycles. The molecule has 3 heterocycles. The summed E-state index contributed by atoms with van der Waals surface area (Å²) in [7, 11) is 0. The predicted molar refractivity (Wildman–Crippen MR) is 202 cm³/mol. The molecule has 0 fully saturated rings. The van der Waals surface area contributed by atoms with E-state index >= 15 is 0 Å². The number of hydrogen-bond acceptors (Lipinski definition) is 1. The molecule has 0 saturated heterocycles. The van der Waals surface area contributed by atoms with Gasteiger partial charge >= 0.3 is 0 Å². The van der Waals surface area contributed by atoms with E-state index in [1.807, 2.05) is 0 Å². The van der Waals surface area contributed by atoms with Crippen molar-refractivity contribution in [2.24, 2.45) is 0 Å². The van der Waals surface area contributed by atoms with Gasteiger partial charge in [-0.3, -0.25) is 0 Å². The molecule has 0 unspecified atom stereocenters. The zero-order valence-corrected chi connectivity index (χ0v) is 26.8. The Morgan fingerprint density at radius 2 is 0.958 bits per heavy atom. The molecule has 226 valence electrons. The summed E-state index contributed by atoms with van der Waals surface area (Å²) in [6, 6.07) is 56.1. The number of benzene rings is 7. The normalized spacial score (nSPS) is 13.8. The van der Waals surface area contributed by atoms with Gasteiger partial charge in [-0.1, -0.05) is 111 Å². The topological polar surface area (TPSA) is 12.1 Å². The van der Waals surface area contributed by atoms with Crippen LogP contribution < -0.4 is 4.90 Å². The number of aromatic nitrogens is 2. The second kappa shape index (κ2) is 9.05. The third-order valence-electron chi connectivity index (χ3n) is 11.0. The van der Waals surface area contributed by atoms with Gasteiger partial charge in [0.2, 0.25) is 0 Å². The summed E-state index contributed by atoms with van der Waals surface area (Å²) in [6.07, 6.45) is 0. The minimum absolute atomic E-state index is 0.0348. The molecule has 0 N–H and O–H groups in total. The average molecular weight is 614 g/mol. The first-order valence-corrected chi connectivity index (χ1v) is 16.8. The molecule has 7 aromatic carbocycles. The maximum Gasteiger partial charge on any atom is 0.0789 e. The van der Waals surface area contributed by atoms with Gasteiger partial charge in [0.25, 0.3) is 0 Å². The van der Waals surface area contributed by atoms with Crippen LogP contribution in [0.3, 0.4) is 0 Å². The molecule has 0 saturated carbocycles. The largest absolute Gasteiger partial charge is 0.310 e. The van der Waals surface area contributed by atoms with Gasteiger partial charge in [-0.25, -0.2) is 0 Å². The SMILES string of the molecule is CC1(C)c2ccccc2-c2cc(N(c3ccccc3)c3ccc4c(c3)n3c5ccccc5c5ccc6c7ccccc7n4c6c53)ccc21. The summed E-state index contributed by atoms with van der Waals surface area (Å²) in [5.74, 6) is 0. The van der Waals surface area contributed by atoms with E-state index in [1.54, 1.807) is 0 Å². The molecule has 48 heavy (non-hydrogen) atoms. The summed E-state index contributed by atoms with van der Waals surface area (Å²) in [4.78, 5) is 2.42. The summed E-state index contributed by atoms with van der Waals surface area (Å²) >= 11 is 0. The molecule has 11 rings (SSSR count). The molecule has 0 radical (unpaired) electrons. The molecule has 3 heteroatoms. The lowest BCUT2D eigenvalue weighted by atomic mass is 9.82. The summed E-state index contributed by atoms with van der Waals surface area (Å²) < 4.78 is 5.00. The first-order chi connectivity index (χ1) is 23.6. The van der Waals surface area contributed by atoms with Crippen molar-refractivity contribution in [2.75, 3.05) is 4.90 Å². The fourth-order valence-electron chi connectivity index (χ4n) is 8.89. The van der Waals surface area contributed by atoms with E-state index in [0.29, 0.717) is 0 Å². The highest BCUT2D eigenvalue weighted by Crippen LogP contribution is 2.51. The average Bonchev–Trinajstić information content (AvgIpc) is 3.73. The Balaban J connectivity index is 1.25. The zero-order valence-electron chi connectivity index (χ0n) is 26.8. The molecule has 0 aliphatic heterocycles. The smallest absolute Gasteiger partial charge is 0.0789 e. The van der Waals surface area contributed by atoms with Crippen LogP contribution in [-0.2, 0) is 5.41 Å². The Bertz CT molecular complexity index is 2920. The van der Waals surface area contributed by atoms with E-state index in [1.165, 1.54) is 76.9 Å². The highest BCUT2D eigenvalue weighted by atomic mass is 15.1. The number of hydrogen-bond donors (Lipinski definition) is 0. The van der Waals surface area contributed by atoms with Gasteiger partial charge in [-0.15, -0.1) is 0 Å². The van der Waals surface area contributed by atoms with Crippen LogP contribution in [0.15, 0.2) is 152 Å². The standard InChI is InChI=1S/C45H31N3/c1-45(2)37-17-9-6-14-31(37)36-26-29(20-24-38(36)45)46(28-12-4-3-5-13-28)30-21-25-41-42(27-30)48-40-19-11-8-16-33(40)35-23-22-34-32-15-7-10-18-39(32)47(41)43(34)44(35)48/h3-27H,1-2H3. The second-order valence-corrected chi connectivity index (χ2v) is 13.8. The van der Waals surface area contributed by atoms with Crippen molar-refractivity contribution in [3.63, 3.8) is 0 Å². The van der Waals surface area contributed by atoms with Gasteiger partial charge in [-0.05, 0) is 76.9 Å². The monoisotopic (exact) mass is 613 g/mol. The molecule has 1 aliphatic carbocycles. The lowest BCUT2D eigenvalue weighted by Gasteiger charge is -2.27. The first kappa shape index (κ1) is 26.1. The van der Waals surface area contributed by atoms with Crippen LogP contribution >= 0.6 is 0 Å². The van der Waals surface area contributed by atoms with Crippen molar-refractivity contribution < 1.29 is 0 Å². The van der Waals surface area contributed by atoms with Crippen molar-refractivity contribution in [3.8, 4) is 11.1 Å². The molecule has 0 spiro atoms. The Morgan fingerprint density at radius 1 is 0.396 bits per heavy atom. The maximum absolute atomic E-state index is 2.51. The number of para-hydroxylation sites is 3. The molecular formula is C45H31N3. The van der Waals surface area contributed by atoms with E-state index < -0.39 is 0 Å². The van der Waals surface area contributed by atoms with Crippen LogP contribution in [0.5, 0.6) is 0 Å². The van der Waals surface area contributed by atoms with Crippen molar-refractivity contribution in [1.29, 1.82) is 0 Å². The van der Waals surface area contributed by atoms with E-state index in [9.17, 15) is 0 Å². The lowest BCUT2D eigenvalue weighted by Crippen LogP contribution is -2.15. The molecule has 0 atom stereocenters. The number of fused-ring (bicyclic) bond motifs is 12. The molecule has 1 aliphatic rings. The number of rotatable bonds is 3. The molecular weight excluding hydrogens is 583 g/mol. The predicted octanol–water partition coefficient (Wildman–Crippen LogP) is 12.0. The van der Waals surface area contributed by atoms with Gasteiger partial charge in [0, 0.05) is 44.0 Å². The van der Waals surface area contributed by atoms with Crippen LogP contribution in [0.4, 0.5) is 17.1 Å². The third-order valence-corrected chi connectivity index (χ3v) is 11.0. The van der Waals surface area contributed by atoms with Crippen molar-refractivity contribution in [3.05, 3.63) is 163 Å². The van der Waals surface area contributed by atoms with Crippen molar-refractivity contribution in [1.82, 2.24) is 8.80 Å². The minimum Gasteiger partial charge on any atom is -0.310 e. The molecule has 10 aromatic rings. The van der Waals surface area contributed by atoms with Crippen LogP contribution in [-0.4, -0.2) is 8.80 Å². The Kier molecular flexibility index (Phi) is 4.91. The van der Waals surface area contributed by atoms with Crippen LogP contribution in [0.1, 0.15) is 25.0 Å². The van der Waals surface area contributed by atoms with Crippen LogP contribution in [0.25, 0.3) is 65.8 Å². The maximum atomic E-state index is 2.51. The third kappa shape index (κ3) is 3.18. The lowest BCUT2D eigenvalue weighted by molar-refractivity contribution is 0.660. The quantitative estimate of drug-likeness (QED) is 0.181. The Hall–Kier alpha value is -6.06. The van der Waals surface area contributed by atoms with E-state index in [-0.39, 0.29) is 5.41 Å². The van der Waals surface area contributed by atoms with Crippen molar-refractivity contribution >= 4 is 71.7 Å². The number of nitrogens with zero attached hydrogens (tertiary/aromatic N) is 3. The van der Waals surface area contributed by atoms with Gasteiger partial charge in [0.15, 0.2) is 0 Å². The second-order valence-electron chi connectivity index (χ2n) is 13.8.